The molecule has 0 saturated carbocycles. The van der Waals surface area contributed by atoms with Crippen molar-refractivity contribution in [1.29, 1.82) is 0 Å². The lowest BCUT2D eigenvalue weighted by Gasteiger charge is -2.37. The smallest absolute Gasteiger partial charge is 0.226 e. The third kappa shape index (κ3) is 4.33. The number of amides is 1. The number of aliphatic hydroxyl groups is 1. The molecular formula is C19H27FN2O2. The van der Waals surface area contributed by atoms with Crippen molar-refractivity contribution < 1.29 is 14.3 Å². The quantitative estimate of drug-likeness (QED) is 0.919. The first-order valence-corrected chi connectivity index (χ1v) is 9.02. The average Bonchev–Trinajstić information content (AvgIpc) is 2.61. The number of benzene rings is 1. The topological polar surface area (TPSA) is 43.8 Å². The van der Waals surface area contributed by atoms with Crippen LogP contribution in [0.1, 0.15) is 31.2 Å². The Morgan fingerprint density at radius 3 is 2.71 bits per heavy atom. The normalized spacial score (nSPS) is 23.4. The minimum Gasteiger partial charge on any atom is -0.396 e. The van der Waals surface area contributed by atoms with Gasteiger partial charge < -0.3 is 10.0 Å². The molecule has 1 atom stereocenters. The first-order chi connectivity index (χ1) is 11.7. The van der Waals surface area contributed by atoms with E-state index in [1.54, 1.807) is 12.1 Å². The molecule has 1 N–H and O–H groups in total. The van der Waals surface area contributed by atoms with Gasteiger partial charge in [-0.3, -0.25) is 9.69 Å². The van der Waals surface area contributed by atoms with Crippen molar-refractivity contribution in [2.24, 2.45) is 11.8 Å². The van der Waals surface area contributed by atoms with Gasteiger partial charge in [0.1, 0.15) is 5.82 Å². The third-order valence-corrected chi connectivity index (χ3v) is 5.33. The lowest BCUT2D eigenvalue weighted by Crippen LogP contribution is -2.47. The van der Waals surface area contributed by atoms with Gasteiger partial charge in [-0.2, -0.15) is 0 Å². The molecule has 2 aliphatic heterocycles. The Morgan fingerprint density at radius 1 is 1.21 bits per heavy atom. The number of carbonyl (C=O) groups excluding carboxylic acids is 1. The molecule has 3 rings (SSSR count). The van der Waals surface area contributed by atoms with Crippen LogP contribution in [0.15, 0.2) is 24.3 Å². The lowest BCUT2D eigenvalue weighted by atomic mass is 9.93. The van der Waals surface area contributed by atoms with Crippen LogP contribution in [-0.4, -0.2) is 53.6 Å². The lowest BCUT2D eigenvalue weighted by molar-refractivity contribution is -0.139. The molecule has 24 heavy (non-hydrogen) atoms. The van der Waals surface area contributed by atoms with E-state index >= 15 is 0 Å². The number of likely N-dealkylation sites (tertiary alicyclic amines) is 2. The standard InChI is InChI=1S/C19H27FN2O2/c20-18-5-1-3-16(11-18)12-21-8-2-4-17(13-21)19(24)22-9-6-15(14-23)7-10-22/h1,3,5,11,15,17,23H,2,4,6-10,12-14H2. The van der Waals surface area contributed by atoms with Gasteiger partial charge in [0.25, 0.3) is 0 Å². The van der Waals surface area contributed by atoms with Crippen molar-refractivity contribution in [3.8, 4) is 0 Å². The Labute approximate surface area is 143 Å². The van der Waals surface area contributed by atoms with E-state index in [-0.39, 0.29) is 24.2 Å². The Balaban J connectivity index is 1.54. The monoisotopic (exact) mass is 334 g/mol. The highest BCUT2D eigenvalue weighted by Gasteiger charge is 2.31. The minimum absolute atomic E-state index is 0.0537. The summed E-state index contributed by atoms with van der Waals surface area (Å²) in [7, 11) is 0. The van der Waals surface area contributed by atoms with Crippen molar-refractivity contribution in [2.75, 3.05) is 32.8 Å². The van der Waals surface area contributed by atoms with Gasteiger partial charge in [-0.15, -0.1) is 0 Å². The fourth-order valence-electron chi connectivity index (χ4n) is 3.89. The van der Waals surface area contributed by atoms with Gasteiger partial charge in [-0.05, 0) is 55.8 Å². The molecular weight excluding hydrogens is 307 g/mol. The summed E-state index contributed by atoms with van der Waals surface area (Å²) < 4.78 is 13.3. The zero-order chi connectivity index (χ0) is 16.9. The first-order valence-electron chi connectivity index (χ1n) is 9.02. The van der Waals surface area contributed by atoms with Crippen LogP contribution in [-0.2, 0) is 11.3 Å². The highest BCUT2D eigenvalue weighted by atomic mass is 19.1. The molecule has 0 aliphatic carbocycles. The van der Waals surface area contributed by atoms with Gasteiger partial charge in [-0.1, -0.05) is 12.1 Å². The predicted molar refractivity (Wildman–Crippen MR) is 90.8 cm³/mol. The summed E-state index contributed by atoms with van der Waals surface area (Å²) in [6, 6.07) is 6.71. The van der Waals surface area contributed by atoms with Gasteiger partial charge >= 0.3 is 0 Å². The van der Waals surface area contributed by atoms with Crippen molar-refractivity contribution in [2.45, 2.75) is 32.2 Å². The van der Waals surface area contributed by atoms with E-state index in [9.17, 15) is 14.3 Å². The molecule has 2 aliphatic rings. The number of halogens is 1. The van der Waals surface area contributed by atoms with Crippen LogP contribution < -0.4 is 0 Å². The molecule has 1 amide bonds. The molecule has 0 spiro atoms. The fourth-order valence-corrected chi connectivity index (χ4v) is 3.89. The largest absolute Gasteiger partial charge is 0.396 e. The van der Waals surface area contributed by atoms with Crippen LogP contribution >= 0.6 is 0 Å². The maximum Gasteiger partial charge on any atom is 0.226 e. The summed E-state index contributed by atoms with van der Waals surface area (Å²) in [4.78, 5) is 17.0. The van der Waals surface area contributed by atoms with Crippen molar-refractivity contribution in [1.82, 2.24) is 9.80 Å². The second kappa shape index (κ2) is 8.08. The second-order valence-electron chi connectivity index (χ2n) is 7.16. The zero-order valence-corrected chi connectivity index (χ0v) is 14.2. The van der Waals surface area contributed by atoms with E-state index < -0.39 is 0 Å². The molecule has 2 saturated heterocycles. The van der Waals surface area contributed by atoms with Crippen molar-refractivity contribution in [3.63, 3.8) is 0 Å². The van der Waals surface area contributed by atoms with Crippen LogP contribution in [0.5, 0.6) is 0 Å². The van der Waals surface area contributed by atoms with Crippen LogP contribution in [0.2, 0.25) is 0 Å². The Bertz CT molecular complexity index is 558. The average molecular weight is 334 g/mol. The molecule has 132 valence electrons. The predicted octanol–water partition coefficient (Wildman–Crippen LogP) is 2.27. The van der Waals surface area contributed by atoms with Gasteiger partial charge in [0.15, 0.2) is 0 Å². The minimum atomic E-state index is -0.205. The molecule has 1 aromatic carbocycles. The molecule has 1 aromatic rings. The van der Waals surface area contributed by atoms with E-state index in [4.69, 9.17) is 0 Å². The summed E-state index contributed by atoms with van der Waals surface area (Å²) in [5.41, 5.74) is 0.965. The SMILES string of the molecule is O=C(C1CCCN(Cc2cccc(F)c2)C1)N1CCC(CO)CC1. The molecule has 5 heteroatoms. The number of piperidine rings is 2. The van der Waals surface area contributed by atoms with Gasteiger partial charge in [0.05, 0.1) is 5.92 Å². The Hall–Kier alpha value is -1.46. The number of aliphatic hydroxyl groups excluding tert-OH is 1. The Morgan fingerprint density at radius 2 is 2.00 bits per heavy atom. The maximum absolute atomic E-state index is 13.3. The highest BCUT2D eigenvalue weighted by molar-refractivity contribution is 5.79. The highest BCUT2D eigenvalue weighted by Crippen LogP contribution is 2.24. The van der Waals surface area contributed by atoms with Gasteiger partial charge in [0.2, 0.25) is 5.91 Å². The van der Waals surface area contributed by atoms with Crippen molar-refractivity contribution >= 4 is 5.91 Å². The molecule has 2 fully saturated rings. The number of carbonyl (C=O) groups is 1. The van der Waals surface area contributed by atoms with E-state index in [1.165, 1.54) is 6.07 Å². The van der Waals surface area contributed by atoms with Crippen LogP contribution in [0.3, 0.4) is 0 Å². The van der Waals surface area contributed by atoms with Crippen molar-refractivity contribution in [3.05, 3.63) is 35.6 Å². The summed E-state index contributed by atoms with van der Waals surface area (Å²) in [5, 5.41) is 9.22. The van der Waals surface area contributed by atoms with Crippen LogP contribution in [0.25, 0.3) is 0 Å². The van der Waals surface area contributed by atoms with E-state index in [1.807, 2.05) is 11.0 Å². The van der Waals surface area contributed by atoms with E-state index in [0.29, 0.717) is 12.5 Å². The third-order valence-electron chi connectivity index (χ3n) is 5.33. The summed E-state index contributed by atoms with van der Waals surface area (Å²) >= 11 is 0. The summed E-state index contributed by atoms with van der Waals surface area (Å²) in [6.45, 7) is 4.19. The number of nitrogens with zero attached hydrogens (tertiary/aromatic N) is 2. The van der Waals surface area contributed by atoms with Crippen LogP contribution in [0.4, 0.5) is 4.39 Å². The summed E-state index contributed by atoms with van der Waals surface area (Å²) in [5.74, 6) is 0.460. The van der Waals surface area contributed by atoms with E-state index in [0.717, 1.165) is 57.4 Å². The Kier molecular flexibility index (Phi) is 5.85. The molecule has 1 unspecified atom stereocenters. The van der Waals surface area contributed by atoms with Crippen LogP contribution in [0, 0.1) is 17.7 Å². The molecule has 2 heterocycles. The van der Waals surface area contributed by atoms with E-state index in [2.05, 4.69) is 4.90 Å². The zero-order valence-electron chi connectivity index (χ0n) is 14.2. The van der Waals surface area contributed by atoms with Gasteiger partial charge in [-0.25, -0.2) is 4.39 Å². The first kappa shape index (κ1) is 17.4. The second-order valence-corrected chi connectivity index (χ2v) is 7.16. The maximum atomic E-state index is 13.3. The fraction of sp³-hybridized carbons (Fsp3) is 0.632. The molecule has 0 aromatic heterocycles. The van der Waals surface area contributed by atoms with Gasteiger partial charge in [0, 0.05) is 32.8 Å². The number of hydrogen-bond acceptors (Lipinski definition) is 3. The molecule has 0 radical (unpaired) electrons. The summed E-state index contributed by atoms with van der Waals surface area (Å²) in [6.07, 6.45) is 3.77. The molecule has 4 nitrogen and oxygen atoms in total. The number of rotatable bonds is 4. The number of hydrogen-bond donors (Lipinski definition) is 1. The molecule has 0 bridgehead atoms.